The van der Waals surface area contributed by atoms with Gasteiger partial charge in [-0.2, -0.15) is 0 Å². The fourth-order valence-electron chi connectivity index (χ4n) is 3.43. The van der Waals surface area contributed by atoms with Crippen LogP contribution < -0.4 is 19.1 Å². The minimum Gasteiger partial charge on any atom is -0.491 e. The molecule has 3 heterocycles. The van der Waals surface area contributed by atoms with Crippen LogP contribution in [0.1, 0.15) is 29.8 Å². The van der Waals surface area contributed by atoms with Crippen LogP contribution in [0.4, 0.5) is 5.13 Å². The molecule has 0 bridgehead atoms. The Hall–Kier alpha value is -3.65. The molecule has 0 N–H and O–H groups in total. The molecule has 1 amide bonds. The maximum atomic E-state index is 13.5. The maximum Gasteiger partial charge on any atom is 0.260 e. The number of carbonyl (C=O) groups excluding carboxylic acids is 1. The van der Waals surface area contributed by atoms with Gasteiger partial charge in [0.05, 0.1) is 22.9 Å². The number of thiazole rings is 1. The van der Waals surface area contributed by atoms with Crippen LogP contribution in [0.25, 0.3) is 10.2 Å². The molecule has 0 aliphatic carbocycles. The number of nitrogens with zero attached hydrogens (tertiary/aromatic N) is 3. The predicted octanol–water partition coefficient (Wildman–Crippen LogP) is 5.05. The lowest BCUT2D eigenvalue weighted by Crippen LogP contribution is -2.30. The fraction of sp³-hybridized carbons (Fsp3) is 0.208. The van der Waals surface area contributed by atoms with Crippen molar-refractivity contribution in [2.24, 2.45) is 0 Å². The second kappa shape index (κ2) is 8.47. The topological polar surface area (TPSA) is 73.8 Å². The molecule has 5 rings (SSSR count). The number of benzene rings is 2. The van der Waals surface area contributed by atoms with Crippen molar-refractivity contribution in [3.05, 3.63) is 72.1 Å². The van der Waals surface area contributed by atoms with Gasteiger partial charge < -0.3 is 14.2 Å². The Labute approximate surface area is 189 Å². The average molecular weight is 448 g/mol. The number of hydrogen-bond donors (Lipinski definition) is 0. The highest BCUT2D eigenvalue weighted by atomic mass is 32.1. The highest BCUT2D eigenvalue weighted by molar-refractivity contribution is 7.22. The number of anilines is 1. The van der Waals surface area contributed by atoms with Gasteiger partial charge in [-0.25, -0.2) is 4.98 Å². The molecular weight excluding hydrogens is 426 g/mol. The Morgan fingerprint density at radius 2 is 1.94 bits per heavy atom. The van der Waals surface area contributed by atoms with E-state index in [4.69, 9.17) is 19.2 Å². The monoisotopic (exact) mass is 447 g/mol. The normalized spacial score (nSPS) is 12.3. The van der Waals surface area contributed by atoms with Gasteiger partial charge >= 0.3 is 0 Å². The summed E-state index contributed by atoms with van der Waals surface area (Å²) in [5.41, 5.74) is 2.23. The summed E-state index contributed by atoms with van der Waals surface area (Å²) in [6.45, 7) is 4.49. The van der Waals surface area contributed by atoms with E-state index in [1.54, 1.807) is 29.4 Å². The zero-order valence-corrected chi connectivity index (χ0v) is 18.5. The molecule has 2 aromatic heterocycles. The molecule has 0 atom stereocenters. The van der Waals surface area contributed by atoms with Crippen molar-refractivity contribution in [2.45, 2.75) is 26.5 Å². The zero-order valence-electron chi connectivity index (χ0n) is 17.6. The second-order valence-corrected chi connectivity index (χ2v) is 8.62. The van der Waals surface area contributed by atoms with E-state index < -0.39 is 0 Å². The molecule has 32 heavy (non-hydrogen) atoms. The Kier molecular flexibility index (Phi) is 5.36. The lowest BCUT2D eigenvalue weighted by Gasteiger charge is -2.20. The number of fused-ring (bicyclic) bond motifs is 2. The lowest BCUT2D eigenvalue weighted by atomic mass is 10.1. The molecule has 0 saturated heterocycles. The first-order valence-corrected chi connectivity index (χ1v) is 11.1. The van der Waals surface area contributed by atoms with Crippen LogP contribution in [0.2, 0.25) is 0 Å². The average Bonchev–Trinajstić information content (AvgIpc) is 3.42. The van der Waals surface area contributed by atoms with Crippen molar-refractivity contribution in [2.75, 3.05) is 11.7 Å². The van der Waals surface area contributed by atoms with Crippen molar-refractivity contribution in [1.29, 1.82) is 0 Å². The van der Waals surface area contributed by atoms with E-state index in [9.17, 15) is 4.79 Å². The van der Waals surface area contributed by atoms with Gasteiger partial charge in [-0.1, -0.05) is 17.4 Å². The third-order valence-corrected chi connectivity index (χ3v) is 5.93. The molecule has 0 radical (unpaired) electrons. The SMILES string of the molecule is CC(C)Oc1ccc(C(=O)N(Cc2cccnc2)c2nc3cc4c(cc3s2)OCO4)cc1. The molecular formula is C24H21N3O4S. The summed E-state index contributed by atoms with van der Waals surface area (Å²) < 4.78 is 17.6. The first-order chi connectivity index (χ1) is 15.6. The van der Waals surface area contributed by atoms with Crippen LogP contribution in [0, 0.1) is 0 Å². The number of ether oxygens (including phenoxy) is 3. The van der Waals surface area contributed by atoms with Crippen molar-refractivity contribution >= 4 is 32.6 Å². The van der Waals surface area contributed by atoms with E-state index >= 15 is 0 Å². The number of amides is 1. The van der Waals surface area contributed by atoms with Crippen LogP contribution in [-0.2, 0) is 6.54 Å². The molecule has 0 fully saturated rings. The number of rotatable bonds is 6. The van der Waals surface area contributed by atoms with E-state index in [0.717, 1.165) is 21.5 Å². The van der Waals surface area contributed by atoms with Crippen LogP contribution in [0.3, 0.4) is 0 Å². The summed E-state index contributed by atoms with van der Waals surface area (Å²) in [7, 11) is 0. The Bertz CT molecular complexity index is 1210. The second-order valence-electron chi connectivity index (χ2n) is 7.61. The molecule has 7 nitrogen and oxygen atoms in total. The molecule has 0 spiro atoms. The minimum absolute atomic E-state index is 0.0657. The van der Waals surface area contributed by atoms with E-state index in [1.165, 1.54) is 11.3 Å². The van der Waals surface area contributed by atoms with Crippen molar-refractivity contribution in [3.63, 3.8) is 0 Å². The van der Waals surface area contributed by atoms with Crippen LogP contribution in [0.15, 0.2) is 60.9 Å². The summed E-state index contributed by atoms with van der Waals surface area (Å²) in [5.74, 6) is 1.94. The fourth-order valence-corrected chi connectivity index (χ4v) is 4.40. The van der Waals surface area contributed by atoms with Crippen LogP contribution in [0.5, 0.6) is 17.2 Å². The minimum atomic E-state index is -0.149. The number of pyridine rings is 1. The molecule has 1 aliphatic heterocycles. The first kappa shape index (κ1) is 20.3. The Morgan fingerprint density at radius 1 is 1.16 bits per heavy atom. The zero-order chi connectivity index (χ0) is 22.1. The molecule has 1 aliphatic rings. The maximum absolute atomic E-state index is 13.5. The molecule has 0 saturated carbocycles. The molecule has 162 valence electrons. The van der Waals surface area contributed by atoms with Gasteiger partial charge in [-0.15, -0.1) is 0 Å². The number of aromatic nitrogens is 2. The molecule has 2 aromatic carbocycles. The number of carbonyl (C=O) groups is 1. The Balaban J connectivity index is 1.50. The quantitative estimate of drug-likeness (QED) is 0.412. The van der Waals surface area contributed by atoms with Gasteiger partial charge in [0.25, 0.3) is 5.91 Å². The van der Waals surface area contributed by atoms with Gasteiger partial charge in [-0.05, 0) is 49.7 Å². The molecule has 8 heteroatoms. The van der Waals surface area contributed by atoms with Gasteiger partial charge in [0.15, 0.2) is 16.6 Å². The van der Waals surface area contributed by atoms with Gasteiger partial charge in [-0.3, -0.25) is 14.7 Å². The van der Waals surface area contributed by atoms with E-state index in [1.807, 2.05) is 50.2 Å². The van der Waals surface area contributed by atoms with Crippen molar-refractivity contribution in [3.8, 4) is 17.2 Å². The van der Waals surface area contributed by atoms with Gasteiger partial charge in [0.1, 0.15) is 5.75 Å². The van der Waals surface area contributed by atoms with E-state index in [2.05, 4.69) is 4.98 Å². The third kappa shape index (κ3) is 4.09. The Morgan fingerprint density at radius 3 is 2.66 bits per heavy atom. The van der Waals surface area contributed by atoms with Gasteiger partial charge in [0, 0.05) is 30.1 Å². The van der Waals surface area contributed by atoms with Crippen molar-refractivity contribution < 1.29 is 19.0 Å². The largest absolute Gasteiger partial charge is 0.491 e. The number of hydrogen-bond acceptors (Lipinski definition) is 7. The third-order valence-electron chi connectivity index (χ3n) is 4.88. The van der Waals surface area contributed by atoms with E-state index in [-0.39, 0.29) is 18.8 Å². The highest BCUT2D eigenvalue weighted by Crippen LogP contribution is 2.40. The molecule has 0 unspecified atom stereocenters. The van der Waals surface area contributed by atoms with Crippen molar-refractivity contribution in [1.82, 2.24) is 9.97 Å². The standard InChI is InChI=1S/C24H21N3O4S/c1-15(2)31-18-7-5-17(6-8-18)23(28)27(13-16-4-3-9-25-12-16)24-26-19-10-20-21(30-14-29-20)11-22(19)32-24/h3-12,15H,13-14H2,1-2H3. The van der Waals surface area contributed by atoms with E-state index in [0.29, 0.717) is 28.7 Å². The summed E-state index contributed by atoms with van der Waals surface area (Å²) in [6.07, 6.45) is 3.53. The predicted molar refractivity (Wildman–Crippen MR) is 123 cm³/mol. The summed E-state index contributed by atoms with van der Waals surface area (Å²) in [4.78, 5) is 24.1. The highest BCUT2D eigenvalue weighted by Gasteiger charge is 2.24. The summed E-state index contributed by atoms with van der Waals surface area (Å²) >= 11 is 1.44. The summed E-state index contributed by atoms with van der Waals surface area (Å²) in [5, 5.41) is 0.597. The smallest absolute Gasteiger partial charge is 0.260 e. The van der Waals surface area contributed by atoms with Gasteiger partial charge in [0.2, 0.25) is 6.79 Å². The molecule has 4 aromatic rings. The van der Waals surface area contributed by atoms with Crippen LogP contribution in [-0.4, -0.2) is 28.8 Å². The van der Waals surface area contributed by atoms with Crippen LogP contribution >= 0.6 is 11.3 Å². The first-order valence-electron chi connectivity index (χ1n) is 10.2. The lowest BCUT2D eigenvalue weighted by molar-refractivity contribution is 0.0985. The summed E-state index contributed by atoms with van der Waals surface area (Å²) in [6, 6.07) is 14.7.